The van der Waals surface area contributed by atoms with E-state index in [-0.39, 0.29) is 17.1 Å². The van der Waals surface area contributed by atoms with Crippen molar-refractivity contribution in [3.63, 3.8) is 0 Å². The number of amides is 1. The first kappa shape index (κ1) is 35.0. The summed E-state index contributed by atoms with van der Waals surface area (Å²) in [6, 6.07) is 4.67. The number of benzene rings is 2. The van der Waals surface area contributed by atoms with Crippen LogP contribution in [0.2, 0.25) is 0 Å². The molecule has 47 heavy (non-hydrogen) atoms. The Morgan fingerprint density at radius 3 is 1.91 bits per heavy atom. The molecule has 2 aromatic carbocycles. The van der Waals surface area contributed by atoms with Gasteiger partial charge in [0, 0.05) is 11.8 Å². The summed E-state index contributed by atoms with van der Waals surface area (Å²) in [5.41, 5.74) is 4.06. The molecule has 0 saturated heterocycles. The van der Waals surface area contributed by atoms with E-state index in [2.05, 4.69) is 25.6 Å². The minimum Gasteiger partial charge on any atom is -0.503 e. The first-order valence-electron chi connectivity index (χ1n) is 11.9. The molecule has 0 spiro atoms. The van der Waals surface area contributed by atoms with Crippen molar-refractivity contribution in [2.24, 2.45) is 10.2 Å². The Balaban J connectivity index is 1.72. The lowest BCUT2D eigenvalue weighted by Gasteiger charge is -2.10. The lowest BCUT2D eigenvalue weighted by molar-refractivity contribution is 0.102. The maximum Gasteiger partial charge on any atom is 0.296 e. The van der Waals surface area contributed by atoms with E-state index in [1.54, 1.807) is 0 Å². The SMILES string of the molecule is Cc1nn(-c2cc(S(=O)(=O)O)ccc2S(=O)(=O)O)c(N)c1N=Nc1ccnc(NC(=O)c2cc(S(=O)(=O)O)cc(S(=O)(=O)O)c2)c1O. The van der Waals surface area contributed by atoms with Crippen molar-refractivity contribution in [3.05, 3.63) is 59.9 Å². The van der Waals surface area contributed by atoms with Gasteiger partial charge in [0.2, 0.25) is 0 Å². The van der Waals surface area contributed by atoms with E-state index in [0.717, 1.165) is 12.3 Å². The first-order valence-corrected chi connectivity index (χ1v) is 17.7. The first-order chi connectivity index (χ1) is 21.5. The number of nitrogens with two attached hydrogens (primary N) is 1. The topological polar surface area (TPSA) is 348 Å². The van der Waals surface area contributed by atoms with Crippen LogP contribution in [-0.2, 0) is 40.5 Å². The molecule has 250 valence electrons. The number of azo groups is 1. The Morgan fingerprint density at radius 2 is 1.38 bits per heavy atom. The van der Waals surface area contributed by atoms with Crippen LogP contribution in [0.1, 0.15) is 16.1 Å². The molecule has 0 aliphatic rings. The number of nitrogens with zero attached hydrogens (tertiary/aromatic N) is 5. The molecule has 0 atom stereocenters. The number of nitrogen functional groups attached to an aromatic ring is 1. The van der Waals surface area contributed by atoms with Gasteiger partial charge in [0.15, 0.2) is 23.1 Å². The maximum atomic E-state index is 12.8. The highest BCUT2D eigenvalue weighted by Crippen LogP contribution is 2.37. The normalized spacial score (nSPS) is 12.8. The monoisotopic (exact) mass is 733 g/mol. The van der Waals surface area contributed by atoms with Gasteiger partial charge in [0.1, 0.15) is 10.6 Å². The minimum atomic E-state index is -5.05. The van der Waals surface area contributed by atoms with Crippen molar-refractivity contribution in [1.82, 2.24) is 14.8 Å². The minimum absolute atomic E-state index is 0.0415. The second kappa shape index (κ2) is 12.0. The van der Waals surface area contributed by atoms with E-state index in [4.69, 9.17) is 5.73 Å². The number of aromatic nitrogens is 3. The molecule has 1 amide bonds. The lowest BCUT2D eigenvalue weighted by atomic mass is 10.2. The second-order valence-corrected chi connectivity index (χ2v) is 14.8. The molecule has 4 rings (SSSR count). The number of pyridine rings is 1. The zero-order valence-electron chi connectivity index (χ0n) is 23.0. The van der Waals surface area contributed by atoms with Gasteiger partial charge >= 0.3 is 0 Å². The van der Waals surface area contributed by atoms with Gasteiger partial charge < -0.3 is 16.2 Å². The van der Waals surface area contributed by atoms with Crippen molar-refractivity contribution in [1.29, 1.82) is 0 Å². The third-order valence-corrected chi connectivity index (χ3v) is 9.34. The molecule has 0 radical (unpaired) electrons. The molecule has 0 unspecified atom stereocenters. The average molecular weight is 734 g/mol. The molecule has 4 aromatic rings. The number of aromatic hydroxyl groups is 1. The molecule has 2 aromatic heterocycles. The van der Waals surface area contributed by atoms with Crippen molar-refractivity contribution >= 4 is 69.4 Å². The molecule has 25 heteroatoms. The Labute approximate surface area is 264 Å². The molecule has 0 aliphatic carbocycles. The van der Waals surface area contributed by atoms with E-state index in [0.29, 0.717) is 41.1 Å². The number of anilines is 2. The third-order valence-electron chi connectivity index (χ3n) is 5.93. The predicted octanol–water partition coefficient (Wildman–Crippen LogP) is 1.52. The molecule has 0 aliphatic heterocycles. The summed E-state index contributed by atoms with van der Waals surface area (Å²) < 4.78 is 132. The van der Waals surface area contributed by atoms with Crippen molar-refractivity contribution < 1.29 is 61.8 Å². The van der Waals surface area contributed by atoms with E-state index in [1.807, 2.05) is 0 Å². The number of carbonyl (C=O) groups excluding carboxylic acids is 1. The molecule has 8 N–H and O–H groups in total. The second-order valence-electron chi connectivity index (χ2n) is 9.14. The fourth-order valence-corrected chi connectivity index (χ4v) is 6.11. The smallest absolute Gasteiger partial charge is 0.296 e. The average Bonchev–Trinajstić information content (AvgIpc) is 3.23. The largest absolute Gasteiger partial charge is 0.503 e. The summed E-state index contributed by atoms with van der Waals surface area (Å²) in [6.07, 6.45) is 1.01. The fraction of sp³-hybridized carbons (Fsp3) is 0.0455. The number of aryl methyl sites for hydroxylation is 1. The lowest BCUT2D eigenvalue weighted by Crippen LogP contribution is -2.15. The van der Waals surface area contributed by atoms with Crippen LogP contribution < -0.4 is 11.1 Å². The summed E-state index contributed by atoms with van der Waals surface area (Å²) >= 11 is 0. The van der Waals surface area contributed by atoms with Gasteiger partial charge in [0.05, 0.1) is 26.1 Å². The van der Waals surface area contributed by atoms with Crippen LogP contribution in [0.25, 0.3) is 5.69 Å². The molecular weight excluding hydrogens is 715 g/mol. The molecule has 0 bridgehead atoms. The number of hydrogen-bond donors (Lipinski definition) is 7. The Kier molecular flexibility index (Phi) is 8.96. The summed E-state index contributed by atoms with van der Waals surface area (Å²) in [7, 11) is -19.9. The van der Waals surface area contributed by atoms with E-state index in [9.17, 15) is 61.8 Å². The van der Waals surface area contributed by atoms with Crippen LogP contribution in [-0.4, -0.2) is 77.7 Å². The van der Waals surface area contributed by atoms with E-state index >= 15 is 0 Å². The standard InChI is InChI=1S/C22H19N7O14S4/c1-10-18(20(23)29(28-10)16-9-12(44(32,33)34)2-3-17(16)47(41,42)43)27-26-15-4-5-24-21(19(15)30)25-22(31)11-6-13(45(35,36)37)8-14(7-11)46(38,39)40/h2-9,30H,23H2,1H3,(H,24,25,31)(H,32,33,34)(H,35,36,37)(H,38,39,40)(H,41,42,43). The summed E-state index contributed by atoms with van der Waals surface area (Å²) in [6.45, 7) is 1.32. The Bertz CT molecular complexity index is 2390. The van der Waals surface area contributed by atoms with Crippen LogP contribution in [0.15, 0.2) is 78.5 Å². The van der Waals surface area contributed by atoms with E-state index < -0.39 is 94.6 Å². The van der Waals surface area contributed by atoms with Crippen LogP contribution in [0.5, 0.6) is 5.75 Å². The Hall–Kier alpha value is -4.89. The van der Waals surface area contributed by atoms with Gasteiger partial charge in [0.25, 0.3) is 46.4 Å². The van der Waals surface area contributed by atoms with Crippen LogP contribution in [0.4, 0.5) is 23.0 Å². The van der Waals surface area contributed by atoms with Crippen molar-refractivity contribution in [2.45, 2.75) is 26.5 Å². The van der Waals surface area contributed by atoms with Gasteiger partial charge in [-0.05, 0) is 49.4 Å². The van der Waals surface area contributed by atoms with Gasteiger partial charge in [-0.2, -0.15) is 38.8 Å². The molecule has 0 fully saturated rings. The number of nitrogens with one attached hydrogen (secondary N) is 1. The zero-order chi connectivity index (χ0) is 35.3. The van der Waals surface area contributed by atoms with Crippen LogP contribution in [0, 0.1) is 6.92 Å². The molecule has 21 nitrogen and oxygen atoms in total. The van der Waals surface area contributed by atoms with Gasteiger partial charge in [-0.25, -0.2) is 9.67 Å². The molecular formula is C22H19N7O14S4. The van der Waals surface area contributed by atoms with Gasteiger partial charge in [-0.1, -0.05) is 0 Å². The summed E-state index contributed by atoms with van der Waals surface area (Å²) in [5.74, 6) is -3.18. The number of carbonyl (C=O) groups is 1. The highest BCUT2D eigenvalue weighted by molar-refractivity contribution is 7.87. The highest BCUT2D eigenvalue weighted by atomic mass is 32.2. The fourth-order valence-electron chi connectivity index (χ4n) is 3.79. The van der Waals surface area contributed by atoms with Crippen LogP contribution in [0.3, 0.4) is 0 Å². The number of hydrogen-bond acceptors (Lipinski definition) is 15. The van der Waals surface area contributed by atoms with Crippen LogP contribution >= 0.6 is 0 Å². The molecule has 2 heterocycles. The van der Waals surface area contributed by atoms with Crippen molar-refractivity contribution in [3.8, 4) is 11.4 Å². The van der Waals surface area contributed by atoms with Gasteiger partial charge in [-0.15, -0.1) is 10.2 Å². The van der Waals surface area contributed by atoms with E-state index in [1.165, 1.54) is 6.92 Å². The maximum absolute atomic E-state index is 12.8. The quantitative estimate of drug-likeness (QED) is 0.0946. The highest BCUT2D eigenvalue weighted by Gasteiger charge is 2.25. The summed E-state index contributed by atoms with van der Waals surface area (Å²) in [4.78, 5) is 12.8. The molecule has 0 saturated carbocycles. The van der Waals surface area contributed by atoms with Gasteiger partial charge in [-0.3, -0.25) is 23.0 Å². The Morgan fingerprint density at radius 1 is 0.809 bits per heavy atom. The summed E-state index contributed by atoms with van der Waals surface area (Å²) in [5, 5.41) is 24.3. The predicted molar refractivity (Wildman–Crippen MR) is 156 cm³/mol. The van der Waals surface area contributed by atoms with Crippen molar-refractivity contribution in [2.75, 3.05) is 11.1 Å². The third kappa shape index (κ3) is 7.58. The number of rotatable bonds is 9. The zero-order valence-corrected chi connectivity index (χ0v) is 26.2.